The highest BCUT2D eigenvalue weighted by molar-refractivity contribution is 6.30. The summed E-state index contributed by atoms with van der Waals surface area (Å²) in [5, 5.41) is 3.41. The first-order valence-corrected chi connectivity index (χ1v) is 8.19. The van der Waals surface area contributed by atoms with Crippen LogP contribution in [0.3, 0.4) is 0 Å². The second-order valence-corrected chi connectivity index (χ2v) is 6.18. The van der Waals surface area contributed by atoms with Gasteiger partial charge >= 0.3 is 0 Å². The molecule has 120 valence electrons. The summed E-state index contributed by atoms with van der Waals surface area (Å²) < 4.78 is 14.3. The van der Waals surface area contributed by atoms with Gasteiger partial charge in [0.25, 0.3) is 0 Å². The maximum atomic E-state index is 14.3. The molecule has 3 rings (SSSR count). The zero-order chi connectivity index (χ0) is 16.4. The molecule has 1 amide bonds. The molecular formula is C18H18ClFN2O. The Morgan fingerprint density at radius 2 is 2.22 bits per heavy atom. The number of benzene rings is 1. The number of nitrogens with zero attached hydrogens (tertiary/aromatic N) is 1. The summed E-state index contributed by atoms with van der Waals surface area (Å²) in [5.41, 5.74) is 3.34. The number of fused-ring (bicyclic) bond motifs is 1. The summed E-state index contributed by atoms with van der Waals surface area (Å²) >= 11 is 5.84. The van der Waals surface area contributed by atoms with Crippen LogP contribution in [0.2, 0.25) is 5.02 Å². The number of aromatic nitrogens is 1. The Morgan fingerprint density at radius 3 is 2.96 bits per heavy atom. The molecule has 1 heterocycles. The first-order chi connectivity index (χ1) is 11.1. The molecular weight excluding hydrogens is 315 g/mol. The van der Waals surface area contributed by atoms with E-state index in [-0.39, 0.29) is 17.8 Å². The fourth-order valence-electron chi connectivity index (χ4n) is 3.11. The Bertz CT molecular complexity index is 748. The SMILES string of the molecule is CCC(=O)N[C@H]1CCCc2c(-c3ccc(Cl)cc3F)cncc21. The normalized spacial score (nSPS) is 16.7. The lowest BCUT2D eigenvalue weighted by molar-refractivity contribution is -0.121. The van der Waals surface area contributed by atoms with Crippen LogP contribution in [0.5, 0.6) is 0 Å². The molecule has 0 bridgehead atoms. The molecule has 1 aliphatic rings. The maximum Gasteiger partial charge on any atom is 0.220 e. The minimum absolute atomic E-state index is 0.0194. The van der Waals surface area contributed by atoms with Crippen LogP contribution in [0.15, 0.2) is 30.6 Å². The second-order valence-electron chi connectivity index (χ2n) is 5.74. The van der Waals surface area contributed by atoms with Crippen molar-refractivity contribution in [2.45, 2.75) is 38.6 Å². The van der Waals surface area contributed by atoms with E-state index in [4.69, 9.17) is 11.6 Å². The Kier molecular flexibility index (Phi) is 4.62. The molecule has 23 heavy (non-hydrogen) atoms. The molecule has 0 unspecified atom stereocenters. The Hall–Kier alpha value is -1.94. The molecule has 1 N–H and O–H groups in total. The first-order valence-electron chi connectivity index (χ1n) is 7.81. The van der Waals surface area contributed by atoms with Crippen molar-refractivity contribution in [3.05, 3.63) is 52.6 Å². The average Bonchev–Trinajstić information content (AvgIpc) is 2.55. The highest BCUT2D eigenvalue weighted by Gasteiger charge is 2.25. The molecule has 0 fully saturated rings. The number of carbonyl (C=O) groups is 1. The van der Waals surface area contributed by atoms with Crippen molar-refractivity contribution >= 4 is 17.5 Å². The molecule has 5 heteroatoms. The zero-order valence-corrected chi connectivity index (χ0v) is 13.7. The van der Waals surface area contributed by atoms with E-state index in [1.54, 1.807) is 24.5 Å². The van der Waals surface area contributed by atoms with Gasteiger partial charge in [-0.25, -0.2) is 4.39 Å². The van der Waals surface area contributed by atoms with E-state index in [1.165, 1.54) is 6.07 Å². The minimum atomic E-state index is -0.354. The van der Waals surface area contributed by atoms with Gasteiger partial charge in [-0.05, 0) is 48.6 Å². The predicted octanol–water partition coefficient (Wildman–Crippen LogP) is 4.44. The molecule has 2 aromatic rings. The topological polar surface area (TPSA) is 42.0 Å². The lowest BCUT2D eigenvalue weighted by Crippen LogP contribution is -2.30. The largest absolute Gasteiger partial charge is 0.349 e. The standard InChI is InChI=1S/C18H18ClFN2O/c1-2-18(23)22-17-5-3-4-12-14(9-21-10-15(12)17)13-7-6-11(19)8-16(13)20/h6-10,17H,2-5H2,1H3,(H,22,23)/t17-/m0/s1. The molecule has 0 saturated carbocycles. The van der Waals surface area contributed by atoms with Gasteiger partial charge in [0.15, 0.2) is 0 Å². The predicted molar refractivity (Wildman–Crippen MR) is 88.8 cm³/mol. The third kappa shape index (κ3) is 3.22. The Labute approximate surface area is 139 Å². The van der Waals surface area contributed by atoms with Crippen molar-refractivity contribution < 1.29 is 9.18 Å². The van der Waals surface area contributed by atoms with E-state index in [0.29, 0.717) is 17.0 Å². The van der Waals surface area contributed by atoms with Crippen molar-refractivity contribution in [2.75, 3.05) is 0 Å². The quantitative estimate of drug-likeness (QED) is 0.902. The van der Waals surface area contributed by atoms with E-state index < -0.39 is 0 Å². The number of nitrogens with one attached hydrogen (secondary N) is 1. The first kappa shape index (κ1) is 15.9. The molecule has 1 atom stereocenters. The number of hydrogen-bond acceptors (Lipinski definition) is 2. The molecule has 1 aromatic heterocycles. The van der Waals surface area contributed by atoms with E-state index in [2.05, 4.69) is 10.3 Å². The van der Waals surface area contributed by atoms with E-state index in [0.717, 1.165) is 36.0 Å². The van der Waals surface area contributed by atoms with Gasteiger partial charge < -0.3 is 5.32 Å². The molecule has 0 saturated heterocycles. The van der Waals surface area contributed by atoms with Gasteiger partial charge in [0.1, 0.15) is 5.82 Å². The van der Waals surface area contributed by atoms with Gasteiger partial charge in [-0.1, -0.05) is 18.5 Å². The number of hydrogen-bond donors (Lipinski definition) is 1. The van der Waals surface area contributed by atoms with Crippen LogP contribution < -0.4 is 5.32 Å². The summed E-state index contributed by atoms with van der Waals surface area (Å²) in [6.07, 6.45) is 6.61. The zero-order valence-electron chi connectivity index (χ0n) is 12.9. The van der Waals surface area contributed by atoms with Gasteiger partial charge in [-0.15, -0.1) is 0 Å². The monoisotopic (exact) mass is 332 g/mol. The van der Waals surface area contributed by atoms with Crippen molar-refractivity contribution in [1.29, 1.82) is 0 Å². The summed E-state index contributed by atoms with van der Waals surface area (Å²) in [6.45, 7) is 1.83. The van der Waals surface area contributed by atoms with Gasteiger partial charge in [-0.3, -0.25) is 9.78 Å². The van der Waals surface area contributed by atoms with Crippen LogP contribution >= 0.6 is 11.6 Å². The van der Waals surface area contributed by atoms with Gasteiger partial charge in [-0.2, -0.15) is 0 Å². The minimum Gasteiger partial charge on any atom is -0.349 e. The number of carbonyl (C=O) groups excluding carboxylic acids is 1. The fourth-order valence-corrected chi connectivity index (χ4v) is 3.27. The maximum absolute atomic E-state index is 14.3. The highest BCUT2D eigenvalue weighted by atomic mass is 35.5. The van der Waals surface area contributed by atoms with Crippen LogP contribution in [-0.2, 0) is 11.2 Å². The Morgan fingerprint density at radius 1 is 1.39 bits per heavy atom. The molecule has 1 aliphatic carbocycles. The van der Waals surface area contributed by atoms with Gasteiger partial charge in [0.05, 0.1) is 6.04 Å². The summed E-state index contributed by atoms with van der Waals surface area (Å²) in [6, 6.07) is 4.63. The Balaban J connectivity index is 2.04. The number of pyridine rings is 1. The van der Waals surface area contributed by atoms with Crippen LogP contribution in [0, 0.1) is 5.82 Å². The smallest absolute Gasteiger partial charge is 0.220 e. The number of rotatable bonds is 3. The van der Waals surface area contributed by atoms with Gasteiger partial charge in [0.2, 0.25) is 5.91 Å². The van der Waals surface area contributed by atoms with Crippen molar-refractivity contribution in [2.24, 2.45) is 0 Å². The average molecular weight is 333 g/mol. The van der Waals surface area contributed by atoms with Gasteiger partial charge in [0, 0.05) is 35.0 Å². The highest BCUT2D eigenvalue weighted by Crippen LogP contribution is 2.36. The number of amides is 1. The summed E-state index contributed by atoms with van der Waals surface area (Å²) in [5.74, 6) is -0.335. The fraction of sp³-hybridized carbons (Fsp3) is 0.333. The molecule has 1 aromatic carbocycles. The number of halogens is 2. The third-order valence-corrected chi connectivity index (χ3v) is 4.50. The van der Waals surface area contributed by atoms with E-state index >= 15 is 0 Å². The lowest BCUT2D eigenvalue weighted by atomic mass is 9.84. The molecule has 0 aliphatic heterocycles. The molecule has 3 nitrogen and oxygen atoms in total. The van der Waals surface area contributed by atoms with E-state index in [9.17, 15) is 9.18 Å². The summed E-state index contributed by atoms with van der Waals surface area (Å²) in [7, 11) is 0. The van der Waals surface area contributed by atoms with Crippen molar-refractivity contribution in [1.82, 2.24) is 10.3 Å². The van der Waals surface area contributed by atoms with Crippen molar-refractivity contribution in [3.8, 4) is 11.1 Å². The second kappa shape index (κ2) is 6.67. The summed E-state index contributed by atoms with van der Waals surface area (Å²) in [4.78, 5) is 16.0. The van der Waals surface area contributed by atoms with Crippen LogP contribution in [0.1, 0.15) is 43.4 Å². The van der Waals surface area contributed by atoms with E-state index in [1.807, 2.05) is 6.92 Å². The molecule has 0 radical (unpaired) electrons. The lowest BCUT2D eigenvalue weighted by Gasteiger charge is -2.27. The van der Waals surface area contributed by atoms with Crippen molar-refractivity contribution in [3.63, 3.8) is 0 Å². The molecule has 0 spiro atoms. The van der Waals surface area contributed by atoms with Crippen LogP contribution in [0.25, 0.3) is 11.1 Å². The third-order valence-electron chi connectivity index (χ3n) is 4.26. The van der Waals surface area contributed by atoms with Crippen LogP contribution in [0.4, 0.5) is 4.39 Å². The van der Waals surface area contributed by atoms with Crippen LogP contribution in [-0.4, -0.2) is 10.9 Å².